The molecule has 0 fully saturated rings. The summed E-state index contributed by atoms with van der Waals surface area (Å²) in [7, 11) is 0. The molecule has 1 amide bonds. The lowest BCUT2D eigenvalue weighted by atomic mass is 10.1. The molecule has 6 nitrogen and oxygen atoms in total. The van der Waals surface area contributed by atoms with E-state index in [0.717, 1.165) is 12.8 Å². The van der Waals surface area contributed by atoms with Crippen LogP contribution in [0, 0.1) is 0 Å². The first kappa shape index (κ1) is 20.9. The lowest BCUT2D eigenvalue weighted by Crippen LogP contribution is -2.43. The normalized spacial score (nSPS) is 13.7. The standard InChI is InChI=1S/C16H32N2O4/c1-2-3-4-5-6-7-8-9-10-13(19)12-18-14(16(21)22)11-15(17)20/h13-14,18-19H,2-12H2,1H3,(H2,17,20)(H,21,22)/t13?,14-/m0/s1. The zero-order valence-electron chi connectivity index (χ0n) is 13.7. The molecular formula is C16H32N2O4. The summed E-state index contributed by atoms with van der Waals surface area (Å²) < 4.78 is 0. The Morgan fingerprint density at radius 3 is 2.09 bits per heavy atom. The van der Waals surface area contributed by atoms with Gasteiger partial charge in [-0.2, -0.15) is 0 Å². The average Bonchev–Trinajstić information content (AvgIpc) is 2.45. The predicted octanol–water partition coefficient (Wildman–Crippen LogP) is 1.80. The molecule has 5 N–H and O–H groups in total. The number of aliphatic hydroxyl groups excluding tert-OH is 1. The number of carbonyl (C=O) groups is 2. The van der Waals surface area contributed by atoms with E-state index in [9.17, 15) is 14.7 Å². The number of carboxylic acid groups (broad SMARTS) is 1. The summed E-state index contributed by atoms with van der Waals surface area (Å²) in [5.41, 5.74) is 4.99. The van der Waals surface area contributed by atoms with Crippen LogP contribution >= 0.6 is 0 Å². The third-order valence-electron chi connectivity index (χ3n) is 3.69. The molecular weight excluding hydrogens is 284 g/mol. The summed E-state index contributed by atoms with van der Waals surface area (Å²) in [4.78, 5) is 21.7. The number of unbranched alkanes of at least 4 members (excludes halogenated alkanes) is 7. The minimum atomic E-state index is -1.13. The molecule has 2 atom stereocenters. The van der Waals surface area contributed by atoms with Crippen LogP contribution in [-0.2, 0) is 9.59 Å². The van der Waals surface area contributed by atoms with Crippen molar-refractivity contribution < 1.29 is 19.8 Å². The molecule has 130 valence electrons. The first-order chi connectivity index (χ1) is 10.5. The molecule has 1 unspecified atom stereocenters. The molecule has 0 saturated heterocycles. The van der Waals surface area contributed by atoms with E-state index in [1.165, 1.54) is 38.5 Å². The maximum Gasteiger partial charge on any atom is 0.321 e. The van der Waals surface area contributed by atoms with Gasteiger partial charge in [-0.25, -0.2) is 0 Å². The molecule has 0 bridgehead atoms. The number of aliphatic hydroxyl groups is 1. The highest BCUT2D eigenvalue weighted by molar-refractivity contribution is 5.83. The molecule has 0 aromatic heterocycles. The molecule has 0 rings (SSSR count). The van der Waals surface area contributed by atoms with Crippen LogP contribution in [-0.4, -0.2) is 40.8 Å². The molecule has 0 aliphatic rings. The number of amides is 1. The molecule has 6 heteroatoms. The molecule has 0 aliphatic carbocycles. The summed E-state index contributed by atoms with van der Waals surface area (Å²) >= 11 is 0. The van der Waals surface area contributed by atoms with Gasteiger partial charge in [0.25, 0.3) is 0 Å². The minimum Gasteiger partial charge on any atom is -0.480 e. The van der Waals surface area contributed by atoms with E-state index in [1.807, 2.05) is 0 Å². The third-order valence-corrected chi connectivity index (χ3v) is 3.69. The highest BCUT2D eigenvalue weighted by Crippen LogP contribution is 2.10. The number of nitrogens with one attached hydrogen (secondary N) is 1. The van der Waals surface area contributed by atoms with Crippen molar-refractivity contribution in [1.29, 1.82) is 0 Å². The number of rotatable bonds is 15. The predicted molar refractivity (Wildman–Crippen MR) is 86.5 cm³/mol. The van der Waals surface area contributed by atoms with Crippen LogP contribution in [0.5, 0.6) is 0 Å². The fraction of sp³-hybridized carbons (Fsp3) is 0.875. The molecule has 22 heavy (non-hydrogen) atoms. The van der Waals surface area contributed by atoms with E-state index >= 15 is 0 Å². The summed E-state index contributed by atoms with van der Waals surface area (Å²) in [5.74, 6) is -1.80. The minimum absolute atomic E-state index is 0.167. The van der Waals surface area contributed by atoms with Crippen LogP contribution in [0.25, 0.3) is 0 Å². The fourth-order valence-electron chi connectivity index (χ4n) is 2.34. The van der Waals surface area contributed by atoms with Crippen molar-refractivity contribution in [2.45, 2.75) is 83.3 Å². The highest BCUT2D eigenvalue weighted by atomic mass is 16.4. The monoisotopic (exact) mass is 316 g/mol. The van der Waals surface area contributed by atoms with Crippen molar-refractivity contribution in [2.75, 3.05) is 6.54 Å². The van der Waals surface area contributed by atoms with Crippen molar-refractivity contribution in [3.63, 3.8) is 0 Å². The second kappa shape index (κ2) is 13.5. The van der Waals surface area contributed by atoms with E-state index in [4.69, 9.17) is 10.8 Å². The molecule has 0 saturated carbocycles. The number of carboxylic acids is 1. The number of aliphatic carboxylic acids is 1. The first-order valence-corrected chi connectivity index (χ1v) is 8.40. The van der Waals surface area contributed by atoms with Crippen molar-refractivity contribution in [3.8, 4) is 0 Å². The van der Waals surface area contributed by atoms with E-state index in [0.29, 0.717) is 6.42 Å². The molecule has 0 aliphatic heterocycles. The third kappa shape index (κ3) is 12.6. The average molecular weight is 316 g/mol. The smallest absolute Gasteiger partial charge is 0.321 e. The van der Waals surface area contributed by atoms with Crippen LogP contribution < -0.4 is 11.1 Å². The Bertz CT molecular complexity index is 311. The highest BCUT2D eigenvalue weighted by Gasteiger charge is 2.20. The van der Waals surface area contributed by atoms with Crippen molar-refractivity contribution in [2.24, 2.45) is 5.73 Å². The SMILES string of the molecule is CCCCCCCCCCC(O)CN[C@@H](CC(N)=O)C(=O)O. The molecule has 0 heterocycles. The van der Waals surface area contributed by atoms with Crippen LogP contribution in [0.2, 0.25) is 0 Å². The van der Waals surface area contributed by atoms with E-state index < -0.39 is 24.0 Å². The number of carbonyl (C=O) groups excluding carboxylic acids is 1. The Morgan fingerprint density at radius 2 is 1.59 bits per heavy atom. The molecule has 0 aromatic carbocycles. The topological polar surface area (TPSA) is 113 Å². The van der Waals surface area contributed by atoms with Crippen molar-refractivity contribution in [1.82, 2.24) is 5.32 Å². The van der Waals surface area contributed by atoms with Gasteiger partial charge in [0.2, 0.25) is 5.91 Å². The van der Waals surface area contributed by atoms with Crippen LogP contribution in [0.3, 0.4) is 0 Å². The largest absolute Gasteiger partial charge is 0.480 e. The van der Waals surface area contributed by atoms with Crippen LogP contribution in [0.4, 0.5) is 0 Å². The first-order valence-electron chi connectivity index (χ1n) is 8.40. The Morgan fingerprint density at radius 1 is 1.05 bits per heavy atom. The van der Waals surface area contributed by atoms with Gasteiger partial charge in [-0.05, 0) is 6.42 Å². The zero-order chi connectivity index (χ0) is 16.8. The van der Waals surface area contributed by atoms with Gasteiger partial charge in [-0.1, -0.05) is 58.3 Å². The van der Waals surface area contributed by atoms with Gasteiger partial charge in [0.05, 0.1) is 12.5 Å². The Kier molecular flexibility index (Phi) is 12.8. The van der Waals surface area contributed by atoms with Gasteiger partial charge in [0.15, 0.2) is 0 Å². The maximum absolute atomic E-state index is 10.9. The van der Waals surface area contributed by atoms with Crippen molar-refractivity contribution in [3.05, 3.63) is 0 Å². The Balaban J connectivity index is 3.61. The van der Waals surface area contributed by atoms with Gasteiger partial charge < -0.3 is 21.3 Å². The number of hydrogen-bond acceptors (Lipinski definition) is 4. The summed E-state index contributed by atoms with van der Waals surface area (Å²) in [6.07, 6.45) is 9.39. The van der Waals surface area contributed by atoms with Crippen molar-refractivity contribution >= 4 is 11.9 Å². The summed E-state index contributed by atoms with van der Waals surface area (Å²) in [6, 6.07) is -1.02. The lowest BCUT2D eigenvalue weighted by Gasteiger charge is -2.16. The number of primary amides is 1. The zero-order valence-corrected chi connectivity index (χ0v) is 13.7. The molecule has 0 radical (unpaired) electrons. The lowest BCUT2D eigenvalue weighted by molar-refractivity contribution is -0.141. The van der Waals surface area contributed by atoms with Gasteiger partial charge in [-0.3, -0.25) is 9.59 Å². The van der Waals surface area contributed by atoms with E-state index in [1.54, 1.807) is 0 Å². The maximum atomic E-state index is 10.9. The van der Waals surface area contributed by atoms with Gasteiger partial charge in [0, 0.05) is 6.54 Å². The second-order valence-corrected chi connectivity index (χ2v) is 5.89. The number of nitrogens with two attached hydrogens (primary N) is 1. The van der Waals surface area contributed by atoms with Gasteiger partial charge in [-0.15, -0.1) is 0 Å². The molecule has 0 spiro atoms. The molecule has 0 aromatic rings. The Labute approximate surface area is 133 Å². The van der Waals surface area contributed by atoms with E-state index in [2.05, 4.69) is 12.2 Å². The quantitative estimate of drug-likeness (QED) is 0.344. The second-order valence-electron chi connectivity index (χ2n) is 5.89. The van der Waals surface area contributed by atoms with Gasteiger partial charge >= 0.3 is 5.97 Å². The van der Waals surface area contributed by atoms with Crippen LogP contribution in [0.15, 0.2) is 0 Å². The fourth-order valence-corrected chi connectivity index (χ4v) is 2.34. The van der Waals surface area contributed by atoms with Gasteiger partial charge in [0.1, 0.15) is 6.04 Å². The van der Waals surface area contributed by atoms with E-state index in [-0.39, 0.29) is 13.0 Å². The summed E-state index contributed by atoms with van der Waals surface area (Å²) in [5, 5.41) is 21.4. The summed E-state index contributed by atoms with van der Waals surface area (Å²) in [6.45, 7) is 2.37. The van der Waals surface area contributed by atoms with Crippen LogP contribution in [0.1, 0.15) is 71.1 Å². The Hall–Kier alpha value is -1.14. The number of hydrogen-bond donors (Lipinski definition) is 4.